The molecule has 1 fully saturated rings. The van der Waals surface area contributed by atoms with Crippen LogP contribution in [-0.4, -0.2) is 6.29 Å². The molecule has 0 aliphatic carbocycles. The largest absolute Gasteiger partial charge is 0.230 e. The molecule has 4 heteroatoms. The van der Waals surface area contributed by atoms with Gasteiger partial charge in [-0.1, -0.05) is 58.3 Å². The van der Waals surface area contributed by atoms with Gasteiger partial charge in [-0.15, -0.1) is 0 Å². The third kappa shape index (κ3) is 7.17. The Balaban J connectivity index is 1.71. The first-order valence-corrected chi connectivity index (χ1v) is 6.59. The maximum atomic E-state index is 4.68. The monoisotopic (exact) mass is 232 g/mol. The molecule has 0 amide bonds. The van der Waals surface area contributed by atoms with Crippen molar-refractivity contribution in [1.82, 2.24) is 0 Å². The minimum Gasteiger partial charge on any atom is -0.168 e. The second-order valence-electron chi connectivity index (χ2n) is 4.38. The zero-order valence-corrected chi connectivity index (χ0v) is 10.3. The standard InChI is InChI=1S/C12H24O4/c1-2-3-4-5-6-7-8-9-10-11-12-13-15-16-14-12/h12H,2-11H2,1H3. The summed E-state index contributed by atoms with van der Waals surface area (Å²) in [6, 6.07) is 0. The third-order valence-corrected chi connectivity index (χ3v) is 2.86. The molecule has 0 unspecified atom stereocenters. The van der Waals surface area contributed by atoms with E-state index in [2.05, 4.69) is 26.8 Å². The molecule has 0 bridgehead atoms. The van der Waals surface area contributed by atoms with Gasteiger partial charge in [-0.3, -0.25) is 0 Å². The molecule has 96 valence electrons. The Bertz CT molecular complexity index is 146. The fourth-order valence-electron chi connectivity index (χ4n) is 1.85. The van der Waals surface area contributed by atoms with E-state index in [1.165, 1.54) is 51.4 Å². The molecule has 0 aromatic heterocycles. The van der Waals surface area contributed by atoms with Crippen LogP contribution in [0.25, 0.3) is 0 Å². The molecule has 0 aromatic rings. The summed E-state index contributed by atoms with van der Waals surface area (Å²) in [5.74, 6) is 0. The molecular formula is C12H24O4. The first kappa shape index (κ1) is 13.9. The second kappa shape index (κ2) is 10.0. The smallest absolute Gasteiger partial charge is 0.168 e. The lowest BCUT2D eigenvalue weighted by Crippen LogP contribution is -2.06. The SMILES string of the molecule is CCCCCCCCCCCC1OOOO1. The average Bonchev–Trinajstić information content (AvgIpc) is 2.80. The lowest BCUT2D eigenvalue weighted by Gasteiger charge is -2.03. The molecule has 0 atom stereocenters. The van der Waals surface area contributed by atoms with Crippen LogP contribution in [0, 0.1) is 0 Å². The summed E-state index contributed by atoms with van der Waals surface area (Å²) in [6.45, 7) is 2.25. The van der Waals surface area contributed by atoms with Crippen molar-refractivity contribution in [2.45, 2.75) is 77.4 Å². The molecule has 0 spiro atoms. The number of hydrogen-bond donors (Lipinski definition) is 0. The average molecular weight is 232 g/mol. The summed E-state index contributed by atoms with van der Waals surface area (Å²) >= 11 is 0. The van der Waals surface area contributed by atoms with Crippen molar-refractivity contribution in [2.75, 3.05) is 0 Å². The van der Waals surface area contributed by atoms with Crippen LogP contribution in [0.2, 0.25) is 0 Å². The Hall–Kier alpha value is -0.160. The third-order valence-electron chi connectivity index (χ3n) is 2.86. The Morgan fingerprint density at radius 3 is 1.75 bits per heavy atom. The zero-order valence-electron chi connectivity index (χ0n) is 10.3. The van der Waals surface area contributed by atoms with Gasteiger partial charge < -0.3 is 0 Å². The van der Waals surface area contributed by atoms with Crippen molar-refractivity contribution in [3.63, 3.8) is 0 Å². The molecule has 0 saturated carbocycles. The van der Waals surface area contributed by atoms with Gasteiger partial charge >= 0.3 is 0 Å². The van der Waals surface area contributed by atoms with Crippen LogP contribution in [0.3, 0.4) is 0 Å². The van der Waals surface area contributed by atoms with E-state index in [0.717, 1.165) is 12.8 Å². The van der Waals surface area contributed by atoms with Crippen LogP contribution >= 0.6 is 0 Å². The Morgan fingerprint density at radius 1 is 0.688 bits per heavy atom. The molecule has 1 rings (SSSR count). The van der Waals surface area contributed by atoms with E-state index in [9.17, 15) is 0 Å². The Kier molecular flexibility index (Phi) is 8.71. The van der Waals surface area contributed by atoms with Gasteiger partial charge in [0, 0.05) is 6.42 Å². The maximum absolute atomic E-state index is 4.68. The second-order valence-corrected chi connectivity index (χ2v) is 4.38. The minimum atomic E-state index is -0.329. The van der Waals surface area contributed by atoms with E-state index in [1.54, 1.807) is 0 Å². The van der Waals surface area contributed by atoms with Crippen LogP contribution in [0.5, 0.6) is 0 Å². The van der Waals surface area contributed by atoms with E-state index in [4.69, 9.17) is 0 Å². The summed E-state index contributed by atoms with van der Waals surface area (Å²) in [4.78, 5) is 9.36. The van der Waals surface area contributed by atoms with Gasteiger partial charge in [-0.05, 0) is 16.5 Å². The molecule has 1 aliphatic heterocycles. The molecule has 1 saturated heterocycles. The van der Waals surface area contributed by atoms with Gasteiger partial charge in [0.1, 0.15) is 0 Å². The molecular weight excluding hydrogens is 208 g/mol. The quantitative estimate of drug-likeness (QED) is 0.420. The molecule has 1 heterocycles. The van der Waals surface area contributed by atoms with Crippen molar-refractivity contribution in [3.05, 3.63) is 0 Å². The van der Waals surface area contributed by atoms with Gasteiger partial charge in [0.2, 0.25) is 6.29 Å². The summed E-state index contributed by atoms with van der Waals surface area (Å²) in [5, 5.41) is 8.34. The van der Waals surface area contributed by atoms with Gasteiger partial charge in [0.25, 0.3) is 0 Å². The lowest BCUT2D eigenvalue weighted by molar-refractivity contribution is -0.532. The van der Waals surface area contributed by atoms with Crippen molar-refractivity contribution >= 4 is 0 Å². The molecule has 16 heavy (non-hydrogen) atoms. The van der Waals surface area contributed by atoms with Crippen molar-refractivity contribution in [2.24, 2.45) is 0 Å². The van der Waals surface area contributed by atoms with Crippen molar-refractivity contribution in [1.29, 1.82) is 0 Å². The Labute approximate surface area is 98.0 Å². The van der Waals surface area contributed by atoms with Crippen molar-refractivity contribution < 1.29 is 19.9 Å². The van der Waals surface area contributed by atoms with Gasteiger partial charge in [0.15, 0.2) is 0 Å². The summed E-state index contributed by atoms with van der Waals surface area (Å²) in [7, 11) is 0. The van der Waals surface area contributed by atoms with Crippen LogP contribution in [0.4, 0.5) is 0 Å². The highest BCUT2D eigenvalue weighted by atomic mass is 17.7. The Morgan fingerprint density at radius 2 is 1.19 bits per heavy atom. The predicted molar refractivity (Wildman–Crippen MR) is 60.0 cm³/mol. The minimum absolute atomic E-state index is 0.329. The van der Waals surface area contributed by atoms with E-state index in [-0.39, 0.29) is 6.29 Å². The highest BCUT2D eigenvalue weighted by Crippen LogP contribution is 2.16. The topological polar surface area (TPSA) is 36.9 Å². The number of rotatable bonds is 10. The van der Waals surface area contributed by atoms with Gasteiger partial charge in [-0.2, -0.15) is 9.78 Å². The summed E-state index contributed by atoms with van der Waals surface area (Å²) < 4.78 is 0. The van der Waals surface area contributed by atoms with E-state index in [1.807, 2.05) is 0 Å². The summed E-state index contributed by atoms with van der Waals surface area (Å²) in [5.41, 5.74) is 0. The highest BCUT2D eigenvalue weighted by Gasteiger charge is 2.19. The highest BCUT2D eigenvalue weighted by molar-refractivity contribution is 4.48. The number of unbranched alkanes of at least 4 members (excludes halogenated alkanes) is 8. The van der Waals surface area contributed by atoms with E-state index >= 15 is 0 Å². The van der Waals surface area contributed by atoms with Crippen LogP contribution in [0.1, 0.15) is 71.1 Å². The normalized spacial score (nSPS) is 17.1. The zero-order chi connectivity index (χ0) is 11.5. The van der Waals surface area contributed by atoms with Crippen LogP contribution < -0.4 is 0 Å². The van der Waals surface area contributed by atoms with Gasteiger partial charge in [0.05, 0.1) is 0 Å². The molecule has 0 N–H and O–H groups in total. The van der Waals surface area contributed by atoms with Crippen LogP contribution in [-0.2, 0) is 19.9 Å². The fraction of sp³-hybridized carbons (Fsp3) is 1.00. The first-order valence-electron chi connectivity index (χ1n) is 6.59. The predicted octanol–water partition coefficient (Wildman–Crippen LogP) is 4.06. The first-order chi connectivity index (χ1) is 7.93. The van der Waals surface area contributed by atoms with Gasteiger partial charge in [-0.25, -0.2) is 0 Å². The van der Waals surface area contributed by atoms with Crippen LogP contribution in [0.15, 0.2) is 0 Å². The molecule has 0 radical (unpaired) electrons. The lowest BCUT2D eigenvalue weighted by atomic mass is 10.1. The fourth-order valence-corrected chi connectivity index (χ4v) is 1.85. The maximum Gasteiger partial charge on any atom is 0.230 e. The van der Waals surface area contributed by atoms with Crippen molar-refractivity contribution in [3.8, 4) is 0 Å². The van der Waals surface area contributed by atoms with E-state index < -0.39 is 0 Å². The van der Waals surface area contributed by atoms with E-state index in [0.29, 0.717) is 0 Å². The summed E-state index contributed by atoms with van der Waals surface area (Å²) in [6.07, 6.45) is 12.4. The molecule has 1 aliphatic rings. The number of hydrogen-bond acceptors (Lipinski definition) is 4. The molecule has 0 aromatic carbocycles. The molecule has 4 nitrogen and oxygen atoms in total.